The molecule has 0 fully saturated rings. The molecule has 0 N–H and O–H groups in total. The molecule has 7 nitrogen and oxygen atoms in total. The molecule has 0 aliphatic carbocycles. The molecule has 1 atom stereocenters. The molecule has 0 aliphatic rings. The molecule has 1 aromatic carbocycles. The molecule has 1 aromatic heterocycles. The van der Waals surface area contributed by atoms with Gasteiger partial charge in [-0.3, -0.25) is 0 Å². The lowest BCUT2D eigenvalue weighted by molar-refractivity contribution is 0.502. The van der Waals surface area contributed by atoms with E-state index in [1.165, 1.54) is 12.2 Å². The number of halogens is 1. The standard InChI is InChI=1S/C17H19ClN3O4P/c1-3-10-19-15(22)20(11-4-2)17(24)21(16(19)23)13-26(25,12-18)14-8-6-5-7-9-14/h3-9H,1-2,10-13H2/t26-/m1/s1. The van der Waals surface area contributed by atoms with Gasteiger partial charge in [0.15, 0.2) is 0 Å². The summed E-state index contributed by atoms with van der Waals surface area (Å²) in [6.45, 7) is 6.87. The van der Waals surface area contributed by atoms with E-state index in [1.807, 2.05) is 0 Å². The summed E-state index contributed by atoms with van der Waals surface area (Å²) in [5.74, 6) is 0. The van der Waals surface area contributed by atoms with E-state index in [1.54, 1.807) is 30.3 Å². The third kappa shape index (κ3) is 3.74. The summed E-state index contributed by atoms with van der Waals surface area (Å²) in [4.78, 5) is 37.7. The van der Waals surface area contributed by atoms with Crippen molar-refractivity contribution in [3.8, 4) is 0 Å². The lowest BCUT2D eigenvalue weighted by atomic mass is 10.4. The molecule has 26 heavy (non-hydrogen) atoms. The first-order valence-electron chi connectivity index (χ1n) is 7.75. The monoisotopic (exact) mass is 395 g/mol. The number of hydrogen-bond acceptors (Lipinski definition) is 4. The number of hydrogen-bond donors (Lipinski definition) is 0. The van der Waals surface area contributed by atoms with Gasteiger partial charge in [0.25, 0.3) is 0 Å². The fourth-order valence-electron chi connectivity index (χ4n) is 2.49. The average molecular weight is 396 g/mol. The van der Waals surface area contributed by atoms with Gasteiger partial charge in [-0.25, -0.2) is 28.1 Å². The molecule has 0 spiro atoms. The van der Waals surface area contributed by atoms with Crippen LogP contribution in [-0.4, -0.2) is 19.3 Å². The lowest BCUT2D eigenvalue weighted by Crippen LogP contribution is -2.54. The molecular weight excluding hydrogens is 377 g/mol. The number of aromatic nitrogens is 3. The number of rotatable bonds is 8. The Hall–Kier alpha value is -2.37. The smallest absolute Gasteiger partial charge is 0.316 e. The van der Waals surface area contributed by atoms with Crippen LogP contribution in [-0.2, 0) is 23.9 Å². The summed E-state index contributed by atoms with van der Waals surface area (Å²) in [7, 11) is -3.27. The minimum absolute atomic E-state index is 0.0778. The Morgan fingerprint density at radius 2 is 1.35 bits per heavy atom. The Morgan fingerprint density at radius 3 is 1.77 bits per heavy atom. The van der Waals surface area contributed by atoms with Crippen molar-refractivity contribution in [3.63, 3.8) is 0 Å². The van der Waals surface area contributed by atoms with Gasteiger partial charge in [-0.05, 0) is 0 Å². The van der Waals surface area contributed by atoms with Gasteiger partial charge < -0.3 is 4.57 Å². The molecule has 0 radical (unpaired) electrons. The van der Waals surface area contributed by atoms with E-state index < -0.39 is 30.5 Å². The summed E-state index contributed by atoms with van der Waals surface area (Å²) in [5, 5.41) is 0.457. The summed E-state index contributed by atoms with van der Waals surface area (Å²) in [6.07, 6.45) is 2.34. The second-order valence-electron chi connectivity index (χ2n) is 5.56. The van der Waals surface area contributed by atoms with E-state index in [2.05, 4.69) is 13.2 Å². The highest BCUT2D eigenvalue weighted by atomic mass is 35.5. The van der Waals surface area contributed by atoms with Crippen LogP contribution in [0.1, 0.15) is 0 Å². The Balaban J connectivity index is 2.73. The Labute approximate surface area is 154 Å². The molecule has 1 heterocycles. The van der Waals surface area contributed by atoms with Gasteiger partial charge >= 0.3 is 17.1 Å². The van der Waals surface area contributed by atoms with Crippen LogP contribution in [0.25, 0.3) is 0 Å². The summed E-state index contributed by atoms with van der Waals surface area (Å²) in [6, 6.07) is 8.43. The number of benzene rings is 1. The van der Waals surface area contributed by atoms with Crippen LogP contribution in [0.3, 0.4) is 0 Å². The highest BCUT2D eigenvalue weighted by molar-refractivity contribution is 7.72. The van der Waals surface area contributed by atoms with Crippen molar-refractivity contribution in [2.75, 3.05) is 5.62 Å². The molecule has 2 aromatic rings. The number of allylic oxidation sites excluding steroid dienone is 2. The van der Waals surface area contributed by atoms with Gasteiger partial charge in [-0.2, -0.15) is 0 Å². The van der Waals surface area contributed by atoms with E-state index >= 15 is 0 Å². The molecule has 0 saturated carbocycles. The molecular formula is C17H19ClN3O4P. The lowest BCUT2D eigenvalue weighted by Gasteiger charge is -2.18. The van der Waals surface area contributed by atoms with Gasteiger partial charge in [0, 0.05) is 5.30 Å². The van der Waals surface area contributed by atoms with Gasteiger partial charge in [0.1, 0.15) is 7.14 Å². The quantitative estimate of drug-likeness (QED) is 0.384. The Bertz CT molecular complexity index is 988. The Morgan fingerprint density at radius 1 is 0.885 bits per heavy atom. The highest BCUT2D eigenvalue weighted by Gasteiger charge is 2.27. The fourth-order valence-corrected chi connectivity index (χ4v) is 4.92. The van der Waals surface area contributed by atoms with Crippen LogP contribution in [0.15, 0.2) is 70.0 Å². The molecule has 9 heteroatoms. The second-order valence-corrected chi connectivity index (χ2v) is 9.09. The van der Waals surface area contributed by atoms with E-state index in [4.69, 9.17) is 11.6 Å². The van der Waals surface area contributed by atoms with Crippen LogP contribution in [0.2, 0.25) is 0 Å². The van der Waals surface area contributed by atoms with E-state index in [9.17, 15) is 18.9 Å². The molecule has 0 unspecified atom stereocenters. The van der Waals surface area contributed by atoms with Crippen LogP contribution in [0, 0.1) is 0 Å². The largest absolute Gasteiger partial charge is 0.337 e. The third-order valence-electron chi connectivity index (χ3n) is 3.80. The van der Waals surface area contributed by atoms with Crippen molar-refractivity contribution in [3.05, 3.63) is 87.1 Å². The summed E-state index contributed by atoms with van der Waals surface area (Å²) >= 11 is 5.94. The molecule has 0 bridgehead atoms. The maximum absolute atomic E-state index is 13.3. The van der Waals surface area contributed by atoms with Gasteiger partial charge in [-0.15, -0.1) is 24.8 Å². The van der Waals surface area contributed by atoms with E-state index in [0.29, 0.717) is 5.30 Å². The van der Waals surface area contributed by atoms with Crippen LogP contribution < -0.4 is 22.4 Å². The van der Waals surface area contributed by atoms with Crippen molar-refractivity contribution in [1.29, 1.82) is 0 Å². The molecule has 0 amide bonds. The zero-order valence-corrected chi connectivity index (χ0v) is 15.7. The Kier molecular flexibility index (Phi) is 6.40. The third-order valence-corrected chi connectivity index (χ3v) is 7.32. The normalized spacial score (nSPS) is 13.1. The molecule has 0 aliphatic heterocycles. The summed E-state index contributed by atoms with van der Waals surface area (Å²) < 4.78 is 15.8. The number of nitrogens with zero attached hydrogens (tertiary/aromatic N) is 3. The van der Waals surface area contributed by atoms with Crippen molar-refractivity contribution >= 4 is 24.0 Å². The maximum Gasteiger partial charge on any atom is 0.337 e. The minimum atomic E-state index is -3.27. The van der Waals surface area contributed by atoms with Crippen LogP contribution in [0.4, 0.5) is 0 Å². The minimum Gasteiger partial charge on any atom is -0.316 e. The van der Waals surface area contributed by atoms with Crippen molar-refractivity contribution in [2.45, 2.75) is 19.4 Å². The van der Waals surface area contributed by atoms with Gasteiger partial charge in [0.05, 0.1) is 25.0 Å². The fraction of sp³-hybridized carbons (Fsp3) is 0.235. The predicted octanol–water partition coefficient (Wildman–Crippen LogP) is 1.39. The predicted molar refractivity (Wildman–Crippen MR) is 104 cm³/mol. The zero-order chi connectivity index (χ0) is 19.3. The second kappa shape index (κ2) is 8.34. The zero-order valence-electron chi connectivity index (χ0n) is 14.1. The van der Waals surface area contributed by atoms with Crippen LogP contribution >= 0.6 is 18.7 Å². The molecule has 138 valence electrons. The summed E-state index contributed by atoms with van der Waals surface area (Å²) in [5.41, 5.74) is -2.70. The van der Waals surface area contributed by atoms with Crippen molar-refractivity contribution < 1.29 is 4.57 Å². The topological polar surface area (TPSA) is 83.1 Å². The SMILES string of the molecule is C=CCn1c(=O)n(CC=C)c(=O)n(C[P@](=O)(CCl)c2ccccc2)c1=O. The average Bonchev–Trinajstić information content (AvgIpc) is 2.66. The van der Waals surface area contributed by atoms with Crippen LogP contribution in [0.5, 0.6) is 0 Å². The maximum atomic E-state index is 13.3. The number of alkyl halides is 1. The highest BCUT2D eigenvalue weighted by Crippen LogP contribution is 2.46. The molecule has 0 saturated heterocycles. The first-order valence-corrected chi connectivity index (χ1v) is 10.4. The molecule has 2 rings (SSSR count). The van der Waals surface area contributed by atoms with Crippen molar-refractivity contribution in [1.82, 2.24) is 13.7 Å². The van der Waals surface area contributed by atoms with E-state index in [-0.39, 0.29) is 18.7 Å². The first kappa shape index (κ1) is 19.9. The first-order chi connectivity index (χ1) is 12.4. The van der Waals surface area contributed by atoms with Crippen molar-refractivity contribution in [2.24, 2.45) is 0 Å². The van der Waals surface area contributed by atoms with Gasteiger partial charge in [-0.1, -0.05) is 42.5 Å². The van der Waals surface area contributed by atoms with E-state index in [0.717, 1.165) is 13.7 Å². The van der Waals surface area contributed by atoms with Gasteiger partial charge in [0.2, 0.25) is 0 Å².